The molecule has 0 atom stereocenters. The van der Waals surface area contributed by atoms with Gasteiger partial charge in [-0.3, -0.25) is 9.48 Å². The minimum absolute atomic E-state index is 0.212. The van der Waals surface area contributed by atoms with Crippen molar-refractivity contribution in [1.29, 1.82) is 0 Å². The van der Waals surface area contributed by atoms with Crippen LogP contribution in [0.25, 0.3) is 11.3 Å². The molecule has 2 N–H and O–H groups in total. The second kappa shape index (κ2) is 9.97. The summed E-state index contributed by atoms with van der Waals surface area (Å²) in [6.45, 7) is 4.06. The monoisotopic (exact) mass is 467 g/mol. The normalized spacial score (nSPS) is 13.5. The number of aromatic nitrogens is 4. The number of piperidine rings is 1. The van der Waals surface area contributed by atoms with Crippen molar-refractivity contribution in [3.8, 4) is 11.3 Å². The lowest BCUT2D eigenvalue weighted by Gasteiger charge is -2.28. The van der Waals surface area contributed by atoms with Gasteiger partial charge < -0.3 is 15.5 Å². The molecule has 1 aliphatic rings. The van der Waals surface area contributed by atoms with Gasteiger partial charge in [0, 0.05) is 48.8 Å². The van der Waals surface area contributed by atoms with Crippen LogP contribution in [0.1, 0.15) is 35.4 Å². The first-order chi connectivity index (χ1) is 17.0. The lowest BCUT2D eigenvalue weighted by molar-refractivity contribution is 0.101. The highest BCUT2D eigenvalue weighted by Crippen LogP contribution is 2.23. The minimum atomic E-state index is -0.212. The number of carbonyl (C=O) groups excluding carboxylic acids is 1. The van der Waals surface area contributed by atoms with E-state index in [-0.39, 0.29) is 5.91 Å². The maximum absolute atomic E-state index is 12.9. The molecular formula is C27H29N7O. The zero-order valence-corrected chi connectivity index (χ0v) is 20.0. The van der Waals surface area contributed by atoms with Crippen LogP contribution in [-0.2, 0) is 7.05 Å². The lowest BCUT2D eigenvalue weighted by atomic mass is 10.1. The molecule has 4 aromatic rings. The van der Waals surface area contributed by atoms with Crippen LogP contribution in [-0.4, -0.2) is 38.7 Å². The number of aryl methyl sites for hydroxylation is 2. The van der Waals surface area contributed by atoms with Crippen LogP contribution in [0.4, 0.5) is 23.1 Å². The number of amides is 1. The third kappa shape index (κ3) is 5.32. The molecule has 0 unspecified atom stereocenters. The number of nitrogens with one attached hydrogen (secondary N) is 2. The molecule has 1 aliphatic heterocycles. The van der Waals surface area contributed by atoms with Gasteiger partial charge in [-0.15, -0.1) is 0 Å². The standard InChI is InChI=1S/C27H29N7O/c1-19-17-25(34-15-7-4-8-16-34)31-27(28-19)30-22-13-11-21(12-14-22)29-26(35)24-18-23(32-33(24)2)20-9-5-3-6-10-20/h3,5-6,9-14,17-18H,4,7-8,15-16H2,1-2H3,(H,29,35)(H,28,30,31). The van der Waals surface area contributed by atoms with Gasteiger partial charge >= 0.3 is 0 Å². The Kier molecular flexibility index (Phi) is 6.43. The van der Waals surface area contributed by atoms with Crippen molar-refractivity contribution in [2.24, 2.45) is 7.05 Å². The second-order valence-electron chi connectivity index (χ2n) is 8.80. The van der Waals surface area contributed by atoms with Gasteiger partial charge in [-0.1, -0.05) is 30.3 Å². The maximum atomic E-state index is 12.9. The molecule has 1 amide bonds. The number of hydrogen-bond donors (Lipinski definition) is 2. The summed E-state index contributed by atoms with van der Waals surface area (Å²) in [5, 5.41) is 10.7. The summed E-state index contributed by atoms with van der Waals surface area (Å²) in [7, 11) is 1.77. The van der Waals surface area contributed by atoms with Crippen molar-refractivity contribution in [2.75, 3.05) is 28.6 Å². The van der Waals surface area contributed by atoms with Gasteiger partial charge in [-0.05, 0) is 56.5 Å². The average Bonchev–Trinajstić information content (AvgIpc) is 3.28. The number of hydrogen-bond acceptors (Lipinski definition) is 6. The number of anilines is 4. The first-order valence-corrected chi connectivity index (χ1v) is 11.9. The Morgan fingerprint density at radius 3 is 2.34 bits per heavy atom. The third-order valence-corrected chi connectivity index (χ3v) is 6.10. The smallest absolute Gasteiger partial charge is 0.273 e. The van der Waals surface area contributed by atoms with Gasteiger partial charge in [-0.2, -0.15) is 10.1 Å². The van der Waals surface area contributed by atoms with Gasteiger partial charge in [0.1, 0.15) is 11.5 Å². The Balaban J connectivity index is 1.26. The summed E-state index contributed by atoms with van der Waals surface area (Å²) in [6, 6.07) is 21.2. The van der Waals surface area contributed by atoms with Crippen molar-refractivity contribution >= 4 is 29.0 Å². The van der Waals surface area contributed by atoms with Gasteiger partial charge in [0.25, 0.3) is 5.91 Å². The van der Waals surface area contributed by atoms with E-state index in [4.69, 9.17) is 4.98 Å². The van der Waals surface area contributed by atoms with Gasteiger partial charge in [0.15, 0.2) is 0 Å². The predicted molar refractivity (Wildman–Crippen MR) is 139 cm³/mol. The van der Waals surface area contributed by atoms with Crippen LogP contribution in [0.2, 0.25) is 0 Å². The summed E-state index contributed by atoms with van der Waals surface area (Å²) in [6.07, 6.45) is 3.68. The Morgan fingerprint density at radius 2 is 1.60 bits per heavy atom. The SMILES string of the molecule is Cc1cc(N2CCCCC2)nc(Nc2ccc(NC(=O)c3cc(-c4ccccc4)nn3C)cc2)n1. The van der Waals surface area contributed by atoms with E-state index in [0.29, 0.717) is 17.3 Å². The van der Waals surface area contributed by atoms with Crippen LogP contribution >= 0.6 is 0 Å². The van der Waals surface area contributed by atoms with E-state index in [0.717, 1.165) is 41.5 Å². The topological polar surface area (TPSA) is 88.0 Å². The molecule has 2 aromatic carbocycles. The molecule has 2 aromatic heterocycles. The van der Waals surface area contributed by atoms with Gasteiger partial charge in [0.05, 0.1) is 5.69 Å². The quantitative estimate of drug-likeness (QED) is 0.407. The summed E-state index contributed by atoms with van der Waals surface area (Å²) in [4.78, 5) is 24.5. The molecule has 178 valence electrons. The molecule has 8 heteroatoms. The van der Waals surface area contributed by atoms with E-state index in [9.17, 15) is 4.79 Å². The summed E-state index contributed by atoms with van der Waals surface area (Å²) in [5.41, 5.74) is 4.70. The van der Waals surface area contributed by atoms with Gasteiger partial charge in [0.2, 0.25) is 5.95 Å². The molecule has 0 spiro atoms. The van der Waals surface area contributed by atoms with Crippen molar-refractivity contribution in [3.63, 3.8) is 0 Å². The molecule has 0 bridgehead atoms. The minimum Gasteiger partial charge on any atom is -0.356 e. The molecule has 3 heterocycles. The summed E-state index contributed by atoms with van der Waals surface area (Å²) < 4.78 is 1.60. The van der Waals surface area contributed by atoms with Crippen molar-refractivity contribution < 1.29 is 4.79 Å². The Hall–Kier alpha value is -4.20. The first-order valence-electron chi connectivity index (χ1n) is 11.9. The first kappa shape index (κ1) is 22.6. The van der Waals surface area contributed by atoms with E-state index in [1.165, 1.54) is 19.3 Å². The predicted octanol–water partition coefficient (Wildman–Crippen LogP) is 5.17. The Bertz CT molecular complexity index is 1310. The highest BCUT2D eigenvalue weighted by Gasteiger charge is 2.16. The van der Waals surface area contributed by atoms with Crippen molar-refractivity contribution in [2.45, 2.75) is 26.2 Å². The van der Waals surface area contributed by atoms with E-state index in [2.05, 4.69) is 25.6 Å². The third-order valence-electron chi connectivity index (χ3n) is 6.10. The molecule has 0 radical (unpaired) electrons. The number of rotatable bonds is 6. The Morgan fingerprint density at radius 1 is 0.886 bits per heavy atom. The second-order valence-corrected chi connectivity index (χ2v) is 8.80. The molecule has 1 saturated heterocycles. The lowest BCUT2D eigenvalue weighted by Crippen LogP contribution is -2.30. The summed E-state index contributed by atoms with van der Waals surface area (Å²) in [5.74, 6) is 1.33. The van der Waals surface area contributed by atoms with Crippen molar-refractivity contribution in [3.05, 3.63) is 78.1 Å². The largest absolute Gasteiger partial charge is 0.356 e. The van der Waals surface area contributed by atoms with E-state index in [1.807, 2.05) is 67.6 Å². The molecule has 0 aliphatic carbocycles. The zero-order valence-electron chi connectivity index (χ0n) is 20.0. The molecule has 35 heavy (non-hydrogen) atoms. The van der Waals surface area contributed by atoms with Crippen LogP contribution in [0.3, 0.4) is 0 Å². The fourth-order valence-electron chi connectivity index (χ4n) is 4.28. The van der Waals surface area contributed by atoms with Crippen LogP contribution < -0.4 is 15.5 Å². The molecular weight excluding hydrogens is 438 g/mol. The maximum Gasteiger partial charge on any atom is 0.273 e. The van der Waals surface area contributed by atoms with E-state index >= 15 is 0 Å². The highest BCUT2D eigenvalue weighted by molar-refractivity contribution is 6.03. The van der Waals surface area contributed by atoms with Crippen molar-refractivity contribution in [1.82, 2.24) is 19.7 Å². The Labute approximate surface area is 205 Å². The number of carbonyl (C=O) groups is 1. The molecule has 8 nitrogen and oxygen atoms in total. The number of nitrogens with zero attached hydrogens (tertiary/aromatic N) is 5. The average molecular weight is 468 g/mol. The van der Waals surface area contributed by atoms with E-state index in [1.54, 1.807) is 17.8 Å². The fourth-order valence-corrected chi connectivity index (χ4v) is 4.28. The van der Waals surface area contributed by atoms with Crippen LogP contribution in [0.5, 0.6) is 0 Å². The zero-order chi connectivity index (χ0) is 24.2. The van der Waals surface area contributed by atoms with E-state index < -0.39 is 0 Å². The highest BCUT2D eigenvalue weighted by atomic mass is 16.2. The molecule has 5 rings (SSSR count). The molecule has 1 fully saturated rings. The van der Waals surface area contributed by atoms with Crippen LogP contribution in [0, 0.1) is 6.92 Å². The number of benzene rings is 2. The summed E-state index contributed by atoms with van der Waals surface area (Å²) >= 11 is 0. The molecule has 0 saturated carbocycles. The van der Waals surface area contributed by atoms with Crippen LogP contribution in [0.15, 0.2) is 66.7 Å². The fraction of sp³-hybridized carbons (Fsp3) is 0.259. The van der Waals surface area contributed by atoms with Gasteiger partial charge in [-0.25, -0.2) is 4.98 Å².